The van der Waals surface area contributed by atoms with Crippen LogP contribution >= 0.6 is 11.6 Å². The number of rotatable bonds is 2. The lowest BCUT2D eigenvalue weighted by Crippen LogP contribution is -2.12. The molecule has 0 aliphatic heterocycles. The van der Waals surface area contributed by atoms with E-state index in [-0.39, 0.29) is 5.91 Å². The highest BCUT2D eigenvalue weighted by Crippen LogP contribution is 2.19. The van der Waals surface area contributed by atoms with Crippen LogP contribution in [0.2, 0.25) is 5.02 Å². The zero-order valence-electron chi connectivity index (χ0n) is 10.4. The third kappa shape index (κ3) is 3.15. The van der Waals surface area contributed by atoms with Gasteiger partial charge in [-0.05, 0) is 42.8 Å². The fraction of sp³-hybridized carbons (Fsp3) is 0.0625. The van der Waals surface area contributed by atoms with Gasteiger partial charge >= 0.3 is 0 Å². The van der Waals surface area contributed by atoms with Gasteiger partial charge in [0.1, 0.15) is 0 Å². The molecule has 0 unspecified atom stereocenters. The second-order valence-corrected chi connectivity index (χ2v) is 4.57. The van der Waals surface area contributed by atoms with Gasteiger partial charge in [-0.15, -0.1) is 6.42 Å². The first kappa shape index (κ1) is 13.2. The molecule has 0 atom stereocenters. The Morgan fingerprint density at radius 1 is 1.26 bits per heavy atom. The molecule has 2 nitrogen and oxygen atoms in total. The van der Waals surface area contributed by atoms with Crippen LogP contribution < -0.4 is 5.32 Å². The van der Waals surface area contributed by atoms with E-state index in [2.05, 4.69) is 11.2 Å². The Morgan fingerprint density at radius 3 is 2.74 bits per heavy atom. The number of aryl methyl sites for hydroxylation is 1. The van der Waals surface area contributed by atoms with Crippen molar-refractivity contribution in [1.82, 2.24) is 0 Å². The van der Waals surface area contributed by atoms with E-state index in [1.807, 2.05) is 13.0 Å². The molecule has 19 heavy (non-hydrogen) atoms. The van der Waals surface area contributed by atoms with Crippen LogP contribution in [0.3, 0.4) is 0 Å². The fourth-order valence-corrected chi connectivity index (χ4v) is 2.01. The van der Waals surface area contributed by atoms with E-state index < -0.39 is 0 Å². The van der Waals surface area contributed by atoms with Gasteiger partial charge in [0.25, 0.3) is 5.91 Å². The van der Waals surface area contributed by atoms with E-state index in [1.54, 1.807) is 36.4 Å². The summed E-state index contributed by atoms with van der Waals surface area (Å²) in [6, 6.07) is 12.4. The van der Waals surface area contributed by atoms with Crippen molar-refractivity contribution in [1.29, 1.82) is 0 Å². The highest BCUT2D eigenvalue weighted by atomic mass is 35.5. The summed E-state index contributed by atoms with van der Waals surface area (Å²) >= 11 is 6.06. The van der Waals surface area contributed by atoms with Crippen LogP contribution in [-0.2, 0) is 0 Å². The minimum absolute atomic E-state index is 0.251. The highest BCUT2D eigenvalue weighted by molar-refractivity contribution is 6.34. The summed E-state index contributed by atoms with van der Waals surface area (Å²) in [7, 11) is 0. The van der Waals surface area contributed by atoms with E-state index in [4.69, 9.17) is 18.0 Å². The van der Waals surface area contributed by atoms with Gasteiger partial charge in [-0.25, -0.2) is 0 Å². The van der Waals surface area contributed by atoms with Crippen LogP contribution in [0.15, 0.2) is 42.5 Å². The number of nitrogens with one attached hydrogen (secondary N) is 1. The molecule has 0 radical (unpaired) electrons. The van der Waals surface area contributed by atoms with Gasteiger partial charge in [0, 0.05) is 11.3 Å². The minimum Gasteiger partial charge on any atom is -0.322 e. The number of hydrogen-bond donors (Lipinski definition) is 1. The van der Waals surface area contributed by atoms with Crippen molar-refractivity contribution in [3.63, 3.8) is 0 Å². The van der Waals surface area contributed by atoms with Crippen LogP contribution in [-0.4, -0.2) is 5.91 Å². The molecule has 0 aromatic heterocycles. The third-order valence-electron chi connectivity index (χ3n) is 2.66. The van der Waals surface area contributed by atoms with Crippen molar-refractivity contribution in [3.05, 3.63) is 64.2 Å². The standard InChI is InChI=1S/C16H12ClNO/c1-3-12-5-4-6-13(10-12)18-16(19)14-8-7-11(2)9-15(14)17/h1,4-10H,2H3,(H,18,19). The molecule has 3 heteroatoms. The number of anilines is 1. The molecule has 1 N–H and O–H groups in total. The second kappa shape index (κ2) is 5.60. The second-order valence-electron chi connectivity index (χ2n) is 4.16. The van der Waals surface area contributed by atoms with E-state index in [0.29, 0.717) is 21.8 Å². The molecule has 2 aromatic rings. The van der Waals surface area contributed by atoms with Gasteiger partial charge in [-0.2, -0.15) is 0 Å². The quantitative estimate of drug-likeness (QED) is 0.824. The molecule has 0 spiro atoms. The monoisotopic (exact) mass is 269 g/mol. The lowest BCUT2D eigenvalue weighted by atomic mass is 10.1. The highest BCUT2D eigenvalue weighted by Gasteiger charge is 2.10. The van der Waals surface area contributed by atoms with Crippen molar-refractivity contribution in [2.75, 3.05) is 5.32 Å². The molecular weight excluding hydrogens is 258 g/mol. The zero-order chi connectivity index (χ0) is 13.8. The van der Waals surface area contributed by atoms with Gasteiger partial charge in [0.15, 0.2) is 0 Å². The molecule has 1 amide bonds. The van der Waals surface area contributed by atoms with Gasteiger partial charge in [0.2, 0.25) is 0 Å². The maximum atomic E-state index is 12.1. The Hall–Kier alpha value is -2.24. The predicted octanol–water partition coefficient (Wildman–Crippen LogP) is 3.88. The summed E-state index contributed by atoms with van der Waals surface area (Å²) in [6.07, 6.45) is 5.32. The Bertz CT molecular complexity index is 671. The number of benzene rings is 2. The summed E-state index contributed by atoms with van der Waals surface area (Å²) in [5.41, 5.74) is 2.82. The molecule has 0 aliphatic rings. The predicted molar refractivity (Wildman–Crippen MR) is 78.5 cm³/mol. The molecule has 0 saturated heterocycles. The zero-order valence-corrected chi connectivity index (χ0v) is 11.2. The molecule has 0 saturated carbocycles. The van der Waals surface area contributed by atoms with E-state index >= 15 is 0 Å². The average molecular weight is 270 g/mol. The number of halogens is 1. The van der Waals surface area contributed by atoms with Crippen LogP contribution in [0.25, 0.3) is 0 Å². The van der Waals surface area contributed by atoms with Crippen molar-refractivity contribution in [3.8, 4) is 12.3 Å². The summed E-state index contributed by atoms with van der Waals surface area (Å²) in [4.78, 5) is 12.1. The molecule has 94 valence electrons. The minimum atomic E-state index is -0.251. The van der Waals surface area contributed by atoms with Crippen LogP contribution in [0, 0.1) is 19.3 Å². The van der Waals surface area contributed by atoms with Gasteiger partial charge in [0.05, 0.1) is 10.6 Å². The summed E-state index contributed by atoms with van der Waals surface area (Å²) in [6.45, 7) is 1.92. The fourth-order valence-electron chi connectivity index (χ4n) is 1.69. The lowest BCUT2D eigenvalue weighted by molar-refractivity contribution is 0.102. The van der Waals surface area contributed by atoms with E-state index in [0.717, 1.165) is 5.56 Å². The number of hydrogen-bond acceptors (Lipinski definition) is 1. The molecule has 0 aliphatic carbocycles. The van der Waals surface area contributed by atoms with Crippen molar-refractivity contribution in [2.24, 2.45) is 0 Å². The lowest BCUT2D eigenvalue weighted by Gasteiger charge is -2.07. The van der Waals surface area contributed by atoms with Crippen molar-refractivity contribution >= 4 is 23.2 Å². The summed E-state index contributed by atoms with van der Waals surface area (Å²) in [5.74, 6) is 2.27. The normalized spacial score (nSPS) is 9.74. The average Bonchev–Trinajstić information content (AvgIpc) is 2.38. The maximum Gasteiger partial charge on any atom is 0.257 e. The Labute approximate surface area is 117 Å². The molecule has 0 fully saturated rings. The Kier molecular flexibility index (Phi) is 3.89. The topological polar surface area (TPSA) is 29.1 Å². The van der Waals surface area contributed by atoms with Gasteiger partial charge < -0.3 is 5.32 Å². The van der Waals surface area contributed by atoms with Crippen LogP contribution in [0.4, 0.5) is 5.69 Å². The Balaban J connectivity index is 2.23. The van der Waals surface area contributed by atoms with E-state index in [1.165, 1.54) is 0 Å². The summed E-state index contributed by atoms with van der Waals surface area (Å²) < 4.78 is 0. The first-order valence-electron chi connectivity index (χ1n) is 5.74. The molecule has 0 bridgehead atoms. The maximum absolute atomic E-state index is 12.1. The SMILES string of the molecule is C#Cc1cccc(NC(=O)c2ccc(C)cc2Cl)c1. The molecule has 2 aromatic carbocycles. The molecule has 2 rings (SSSR count). The number of amides is 1. The van der Waals surface area contributed by atoms with Gasteiger partial charge in [-0.3, -0.25) is 4.79 Å². The largest absolute Gasteiger partial charge is 0.322 e. The Morgan fingerprint density at radius 2 is 2.05 bits per heavy atom. The first-order chi connectivity index (χ1) is 9.10. The third-order valence-corrected chi connectivity index (χ3v) is 2.97. The number of carbonyl (C=O) groups is 1. The van der Waals surface area contributed by atoms with Crippen LogP contribution in [0.5, 0.6) is 0 Å². The van der Waals surface area contributed by atoms with E-state index in [9.17, 15) is 4.79 Å². The smallest absolute Gasteiger partial charge is 0.257 e. The number of terminal acetylenes is 1. The summed E-state index contributed by atoms with van der Waals surface area (Å²) in [5, 5.41) is 3.21. The molecule has 0 heterocycles. The van der Waals surface area contributed by atoms with Gasteiger partial charge in [-0.1, -0.05) is 29.7 Å². The van der Waals surface area contributed by atoms with Crippen LogP contribution in [0.1, 0.15) is 21.5 Å². The van der Waals surface area contributed by atoms with Crippen molar-refractivity contribution in [2.45, 2.75) is 6.92 Å². The van der Waals surface area contributed by atoms with Crippen molar-refractivity contribution < 1.29 is 4.79 Å². The molecular formula is C16H12ClNO. The first-order valence-corrected chi connectivity index (χ1v) is 6.12. The number of carbonyl (C=O) groups excluding carboxylic acids is 1.